The molecule has 0 N–H and O–H groups in total. The number of furan rings is 1. The zero-order chi connectivity index (χ0) is 37.5. The van der Waals surface area contributed by atoms with E-state index in [4.69, 9.17) is 14.4 Å². The Morgan fingerprint density at radius 3 is 1.70 bits per heavy atom. The Hall–Kier alpha value is -7.76. The fraction of sp³-hybridized carbons (Fsp3) is 0. The summed E-state index contributed by atoms with van der Waals surface area (Å²) >= 11 is 0. The lowest BCUT2D eigenvalue weighted by Gasteiger charge is -2.13. The van der Waals surface area contributed by atoms with Gasteiger partial charge in [0.1, 0.15) is 11.2 Å². The Morgan fingerprint density at radius 1 is 0.351 bits per heavy atom. The van der Waals surface area contributed by atoms with E-state index >= 15 is 0 Å². The number of hydrogen-bond donors (Lipinski definition) is 0. The molecule has 0 amide bonds. The summed E-state index contributed by atoms with van der Waals surface area (Å²) in [5.74, 6) is 0.673. The lowest BCUT2D eigenvalue weighted by atomic mass is 10.0. The molecule has 0 aliphatic heterocycles. The van der Waals surface area contributed by atoms with Crippen LogP contribution in [-0.4, -0.2) is 19.1 Å². The van der Waals surface area contributed by atoms with E-state index in [0.29, 0.717) is 5.82 Å². The quantitative estimate of drug-likeness (QED) is 0.177. The predicted molar refractivity (Wildman–Crippen MR) is 234 cm³/mol. The second-order valence-corrected chi connectivity index (χ2v) is 14.6. The van der Waals surface area contributed by atoms with Crippen LogP contribution in [-0.2, 0) is 0 Å². The van der Waals surface area contributed by atoms with Gasteiger partial charge in [-0.25, -0.2) is 9.97 Å². The first-order valence-corrected chi connectivity index (χ1v) is 19.3. The average Bonchev–Trinajstić information content (AvgIpc) is 3.95. The number of rotatable bonds is 5. The maximum atomic E-state index is 6.49. The molecule has 0 radical (unpaired) electrons. The van der Waals surface area contributed by atoms with Crippen LogP contribution < -0.4 is 0 Å². The van der Waals surface area contributed by atoms with Crippen molar-refractivity contribution in [2.45, 2.75) is 0 Å². The van der Waals surface area contributed by atoms with Crippen LogP contribution in [0.5, 0.6) is 0 Å². The molecule has 0 fully saturated rings. The Balaban J connectivity index is 1.19. The van der Waals surface area contributed by atoms with Crippen molar-refractivity contribution in [3.63, 3.8) is 0 Å². The van der Waals surface area contributed by atoms with Gasteiger partial charge in [-0.05, 0) is 60.7 Å². The smallest absolute Gasteiger partial charge is 0.160 e. The van der Waals surface area contributed by atoms with E-state index in [1.165, 1.54) is 21.5 Å². The molecule has 0 aliphatic rings. The Labute approximate surface area is 327 Å². The molecule has 0 saturated carbocycles. The lowest BCUT2D eigenvalue weighted by molar-refractivity contribution is 0.669. The minimum Gasteiger partial charge on any atom is -0.456 e. The summed E-state index contributed by atoms with van der Waals surface area (Å²) in [6.45, 7) is 0. The first kappa shape index (κ1) is 31.6. The Bertz CT molecular complexity index is 3450. The molecule has 0 spiro atoms. The molecule has 0 atom stereocenters. The zero-order valence-electron chi connectivity index (χ0n) is 30.7. The van der Waals surface area contributed by atoms with Crippen molar-refractivity contribution in [1.29, 1.82) is 0 Å². The van der Waals surface area contributed by atoms with Crippen molar-refractivity contribution in [2.24, 2.45) is 0 Å². The van der Waals surface area contributed by atoms with Gasteiger partial charge in [0.05, 0.1) is 33.5 Å². The van der Waals surface area contributed by atoms with Crippen molar-refractivity contribution < 1.29 is 4.42 Å². The standard InChI is InChI=1S/C52H32N4O/c1-4-15-33(16-5-1)41-32-42(34-17-6-2-7-18-34)54-52(53-41)35-19-14-22-37(31-35)56-44-29-30-47-50(39-24-11-13-26-46(39)57-47)48(44)40-27-28-45-49(51(40)56)38-23-10-12-25-43(38)55(45)36-20-8-3-9-21-36/h1-32H. The SMILES string of the molecule is c1ccc(-c2cc(-c3ccccc3)nc(-c3cccc(-n4c5ccc6oc7ccccc7c6c5c5ccc6c(c7ccccc7n6-c6ccccc6)c54)c3)n2)cc1. The number of nitrogens with zero attached hydrogens (tertiary/aromatic N) is 4. The number of hydrogen-bond acceptors (Lipinski definition) is 3. The van der Waals surface area contributed by atoms with E-state index in [2.05, 4.69) is 185 Å². The molecule has 0 bridgehead atoms. The lowest BCUT2D eigenvalue weighted by Crippen LogP contribution is -1.98. The fourth-order valence-corrected chi connectivity index (χ4v) is 8.86. The highest BCUT2D eigenvalue weighted by Crippen LogP contribution is 2.46. The molecular weight excluding hydrogens is 697 g/mol. The van der Waals surface area contributed by atoms with Crippen LogP contribution in [0.3, 0.4) is 0 Å². The highest BCUT2D eigenvalue weighted by Gasteiger charge is 2.24. The average molecular weight is 729 g/mol. The van der Waals surface area contributed by atoms with Crippen LogP contribution in [0.1, 0.15) is 0 Å². The minimum absolute atomic E-state index is 0.673. The summed E-state index contributed by atoms with van der Waals surface area (Å²) in [5.41, 5.74) is 13.3. The molecular formula is C52H32N4O. The van der Waals surface area contributed by atoms with E-state index < -0.39 is 0 Å². The zero-order valence-corrected chi connectivity index (χ0v) is 30.7. The van der Waals surface area contributed by atoms with Crippen LogP contribution in [0.25, 0.3) is 111 Å². The van der Waals surface area contributed by atoms with Gasteiger partial charge in [0, 0.05) is 60.4 Å². The Morgan fingerprint density at radius 2 is 0.947 bits per heavy atom. The minimum atomic E-state index is 0.673. The van der Waals surface area contributed by atoms with Crippen LogP contribution in [0.4, 0.5) is 0 Å². The second kappa shape index (κ2) is 12.4. The van der Waals surface area contributed by atoms with E-state index in [0.717, 1.165) is 83.5 Å². The summed E-state index contributed by atoms with van der Waals surface area (Å²) in [5, 5.41) is 6.97. The van der Waals surface area contributed by atoms with Gasteiger partial charge >= 0.3 is 0 Å². The first-order valence-electron chi connectivity index (χ1n) is 19.3. The van der Waals surface area contributed by atoms with Gasteiger partial charge in [-0.15, -0.1) is 0 Å². The number of para-hydroxylation sites is 3. The topological polar surface area (TPSA) is 48.8 Å². The molecule has 12 rings (SSSR count). The molecule has 5 heteroatoms. The van der Waals surface area contributed by atoms with Crippen LogP contribution in [0.15, 0.2) is 199 Å². The van der Waals surface area contributed by atoms with Gasteiger partial charge in [0.2, 0.25) is 0 Å². The maximum Gasteiger partial charge on any atom is 0.160 e. The Kier molecular flexibility index (Phi) is 6.86. The molecule has 0 aliphatic carbocycles. The summed E-state index contributed by atoms with van der Waals surface area (Å²) in [4.78, 5) is 10.4. The second-order valence-electron chi connectivity index (χ2n) is 14.6. The molecule has 0 saturated heterocycles. The van der Waals surface area contributed by atoms with Crippen molar-refractivity contribution in [1.82, 2.24) is 19.1 Å². The van der Waals surface area contributed by atoms with Gasteiger partial charge in [0.15, 0.2) is 5.82 Å². The van der Waals surface area contributed by atoms with Crippen LogP contribution >= 0.6 is 0 Å². The highest BCUT2D eigenvalue weighted by atomic mass is 16.3. The van der Waals surface area contributed by atoms with E-state index in [9.17, 15) is 0 Å². The van der Waals surface area contributed by atoms with Crippen molar-refractivity contribution >= 4 is 65.6 Å². The predicted octanol–water partition coefficient (Wildman–Crippen LogP) is 13.6. The first-order chi connectivity index (χ1) is 28.3. The summed E-state index contributed by atoms with van der Waals surface area (Å²) in [7, 11) is 0. The van der Waals surface area contributed by atoms with E-state index in [1.807, 2.05) is 18.2 Å². The normalized spacial score (nSPS) is 11.9. The molecule has 4 heterocycles. The monoisotopic (exact) mass is 728 g/mol. The molecule has 12 aromatic rings. The summed E-state index contributed by atoms with van der Waals surface area (Å²) < 4.78 is 11.3. The van der Waals surface area contributed by atoms with Crippen LogP contribution in [0, 0.1) is 0 Å². The van der Waals surface area contributed by atoms with Gasteiger partial charge in [0.25, 0.3) is 0 Å². The number of benzene rings is 8. The highest BCUT2D eigenvalue weighted by molar-refractivity contribution is 6.33. The van der Waals surface area contributed by atoms with Crippen molar-refractivity contribution in [3.8, 4) is 45.3 Å². The molecule has 0 unspecified atom stereocenters. The summed E-state index contributed by atoms with van der Waals surface area (Å²) in [6, 6.07) is 68.2. The largest absolute Gasteiger partial charge is 0.456 e. The summed E-state index contributed by atoms with van der Waals surface area (Å²) in [6.07, 6.45) is 0. The molecule has 57 heavy (non-hydrogen) atoms. The van der Waals surface area contributed by atoms with Gasteiger partial charge < -0.3 is 13.6 Å². The molecule has 8 aromatic carbocycles. The number of aromatic nitrogens is 4. The third kappa shape index (κ3) is 4.82. The van der Waals surface area contributed by atoms with E-state index in [-0.39, 0.29) is 0 Å². The van der Waals surface area contributed by atoms with Crippen molar-refractivity contribution in [3.05, 3.63) is 194 Å². The van der Waals surface area contributed by atoms with Gasteiger partial charge in [-0.3, -0.25) is 0 Å². The molecule has 266 valence electrons. The van der Waals surface area contributed by atoms with Gasteiger partial charge in [-0.1, -0.05) is 133 Å². The number of fused-ring (bicyclic) bond motifs is 11. The van der Waals surface area contributed by atoms with Crippen molar-refractivity contribution in [2.75, 3.05) is 0 Å². The third-order valence-electron chi connectivity index (χ3n) is 11.3. The fourth-order valence-electron chi connectivity index (χ4n) is 8.86. The third-order valence-corrected chi connectivity index (χ3v) is 11.3. The molecule has 5 nitrogen and oxygen atoms in total. The molecule has 4 aromatic heterocycles. The van der Waals surface area contributed by atoms with Crippen LogP contribution in [0.2, 0.25) is 0 Å². The van der Waals surface area contributed by atoms with E-state index in [1.54, 1.807) is 0 Å². The maximum absolute atomic E-state index is 6.49. The van der Waals surface area contributed by atoms with Gasteiger partial charge in [-0.2, -0.15) is 0 Å².